The molecule has 0 spiro atoms. The number of nitrogens with one attached hydrogen (secondary N) is 2. The number of thioether (sulfide) groups is 1. The first kappa shape index (κ1) is 26.1. The number of hydrogen-bond donors (Lipinski definition) is 2. The highest BCUT2D eigenvalue weighted by Gasteiger charge is 2.49. The van der Waals surface area contributed by atoms with Crippen molar-refractivity contribution in [3.63, 3.8) is 0 Å². The van der Waals surface area contributed by atoms with Gasteiger partial charge in [-0.25, -0.2) is 19.9 Å². The largest absolute Gasteiger partial charge is 0.415 e. The molecule has 4 heterocycles. The Hall–Kier alpha value is -3.49. The summed E-state index contributed by atoms with van der Waals surface area (Å²) in [6.07, 6.45) is 2.80. The van der Waals surface area contributed by atoms with Gasteiger partial charge in [0.15, 0.2) is 5.17 Å². The molecular weight excluding hydrogens is 538 g/mol. The van der Waals surface area contributed by atoms with E-state index in [0.717, 1.165) is 18.8 Å². The second-order valence-corrected chi connectivity index (χ2v) is 10.5. The van der Waals surface area contributed by atoms with Gasteiger partial charge in [0.05, 0.1) is 25.1 Å². The van der Waals surface area contributed by atoms with Gasteiger partial charge in [-0.1, -0.05) is 30.0 Å². The van der Waals surface area contributed by atoms with Crippen LogP contribution in [0.1, 0.15) is 39.2 Å². The first-order valence-electron chi connectivity index (χ1n) is 11.6. The minimum Gasteiger partial charge on any atom is -0.415 e. The van der Waals surface area contributed by atoms with Crippen molar-refractivity contribution in [1.82, 2.24) is 20.3 Å². The molecule has 3 aromatic rings. The second-order valence-electron chi connectivity index (χ2n) is 8.64. The number of rotatable bonds is 6. The SMILES string of the molecule is C[C@H]1C[C@H]2CSC(NC(=O)c3ccccc3)=NC2(c2nc(NC(=O)c3cnc(OC(F)F)cn3)cs2)CO1. The van der Waals surface area contributed by atoms with E-state index >= 15 is 0 Å². The lowest BCUT2D eigenvalue weighted by Gasteiger charge is -2.44. The third kappa shape index (κ3) is 5.66. The zero-order valence-corrected chi connectivity index (χ0v) is 21.6. The van der Waals surface area contributed by atoms with Crippen LogP contribution in [-0.4, -0.2) is 57.0 Å². The predicted octanol–water partition coefficient (Wildman–Crippen LogP) is 3.94. The number of amides is 2. The van der Waals surface area contributed by atoms with Gasteiger partial charge in [0, 0.05) is 22.6 Å². The van der Waals surface area contributed by atoms with Crippen molar-refractivity contribution in [2.45, 2.75) is 31.6 Å². The lowest BCUT2D eigenvalue weighted by Crippen LogP contribution is -2.50. The summed E-state index contributed by atoms with van der Waals surface area (Å²) in [6, 6.07) is 8.88. The minimum absolute atomic E-state index is 0.0547. The lowest BCUT2D eigenvalue weighted by molar-refractivity contribution is -0.0531. The number of halogens is 2. The highest BCUT2D eigenvalue weighted by Crippen LogP contribution is 2.47. The molecule has 2 aliphatic rings. The van der Waals surface area contributed by atoms with Crippen LogP contribution in [0.3, 0.4) is 0 Å². The number of alkyl halides is 2. The maximum absolute atomic E-state index is 12.7. The Bertz CT molecular complexity index is 1340. The number of anilines is 1. The molecule has 1 fully saturated rings. The summed E-state index contributed by atoms with van der Waals surface area (Å²) < 4.78 is 34.8. The topological polar surface area (TPSA) is 128 Å². The van der Waals surface area contributed by atoms with Crippen molar-refractivity contribution < 1.29 is 27.8 Å². The van der Waals surface area contributed by atoms with E-state index in [1.807, 2.05) is 13.0 Å². The summed E-state index contributed by atoms with van der Waals surface area (Å²) >= 11 is 2.81. The van der Waals surface area contributed by atoms with E-state index in [4.69, 9.17) is 9.73 Å². The molecule has 14 heteroatoms. The van der Waals surface area contributed by atoms with E-state index in [-0.39, 0.29) is 36.0 Å². The van der Waals surface area contributed by atoms with Crippen molar-refractivity contribution in [3.05, 3.63) is 64.4 Å². The van der Waals surface area contributed by atoms with E-state index < -0.39 is 23.9 Å². The number of thiazole rings is 1. The van der Waals surface area contributed by atoms with Crippen LogP contribution >= 0.6 is 23.1 Å². The maximum atomic E-state index is 12.7. The number of amidine groups is 1. The van der Waals surface area contributed by atoms with Crippen LogP contribution in [0.15, 0.2) is 53.1 Å². The summed E-state index contributed by atoms with van der Waals surface area (Å²) in [7, 11) is 0. The Morgan fingerprint density at radius 3 is 2.71 bits per heavy atom. The highest BCUT2D eigenvalue weighted by molar-refractivity contribution is 8.13. The van der Waals surface area contributed by atoms with Crippen molar-refractivity contribution in [2.24, 2.45) is 10.9 Å². The predicted molar refractivity (Wildman–Crippen MR) is 138 cm³/mol. The monoisotopic (exact) mass is 560 g/mol. The molecule has 10 nitrogen and oxygen atoms in total. The van der Waals surface area contributed by atoms with Gasteiger partial charge in [0.1, 0.15) is 22.1 Å². The molecule has 0 bridgehead atoms. The van der Waals surface area contributed by atoms with Crippen LogP contribution in [0.2, 0.25) is 0 Å². The number of nitrogens with zero attached hydrogens (tertiary/aromatic N) is 4. The zero-order valence-electron chi connectivity index (χ0n) is 20.0. The summed E-state index contributed by atoms with van der Waals surface area (Å²) in [4.78, 5) is 42.4. The molecule has 2 aromatic heterocycles. The molecule has 2 aliphatic heterocycles. The Balaban J connectivity index is 1.36. The molecule has 1 unspecified atom stereocenters. The fraction of sp³-hybridized carbons (Fsp3) is 0.333. The average molecular weight is 561 g/mol. The molecule has 0 aliphatic carbocycles. The molecule has 198 valence electrons. The number of carbonyl (C=O) groups excluding carboxylic acids is 2. The van der Waals surface area contributed by atoms with Gasteiger partial charge in [0.25, 0.3) is 11.8 Å². The van der Waals surface area contributed by atoms with Gasteiger partial charge >= 0.3 is 6.61 Å². The molecule has 5 rings (SSSR count). The van der Waals surface area contributed by atoms with E-state index in [9.17, 15) is 18.4 Å². The molecule has 0 radical (unpaired) electrons. The van der Waals surface area contributed by atoms with Crippen LogP contribution in [0, 0.1) is 5.92 Å². The fourth-order valence-electron chi connectivity index (χ4n) is 4.18. The average Bonchev–Trinajstić information content (AvgIpc) is 3.38. The Morgan fingerprint density at radius 1 is 1.16 bits per heavy atom. The number of fused-ring (bicyclic) bond motifs is 1. The standard InChI is InChI=1S/C24H22F2N6O4S2/c1-13-7-15-10-38-23(31-19(33)14-5-3-2-4-6-14)32-24(15,12-35-13)21-30-17(11-37-21)29-20(34)16-8-28-18(9-27-16)36-22(25)26/h2-6,8-9,11,13,15,22H,7,10,12H2,1H3,(H,29,34)(H,31,32,33)/t13-,15-,24?/m0/s1. The van der Waals surface area contributed by atoms with Crippen LogP contribution in [0.5, 0.6) is 5.88 Å². The lowest BCUT2D eigenvalue weighted by atomic mass is 9.80. The maximum Gasteiger partial charge on any atom is 0.388 e. The number of aromatic nitrogens is 3. The molecule has 2 N–H and O–H groups in total. The molecular formula is C24H22F2N6O4S2. The number of aliphatic imine (C=N–C) groups is 1. The number of benzene rings is 1. The first-order valence-corrected chi connectivity index (χ1v) is 13.4. The quantitative estimate of drug-likeness (QED) is 0.464. The van der Waals surface area contributed by atoms with E-state index in [1.54, 1.807) is 29.6 Å². The van der Waals surface area contributed by atoms with Gasteiger partial charge < -0.3 is 20.1 Å². The molecule has 38 heavy (non-hydrogen) atoms. The smallest absolute Gasteiger partial charge is 0.388 e. The highest BCUT2D eigenvalue weighted by atomic mass is 32.2. The Morgan fingerprint density at radius 2 is 1.97 bits per heavy atom. The molecule has 3 atom stereocenters. The molecule has 1 aromatic carbocycles. The summed E-state index contributed by atoms with van der Waals surface area (Å²) in [5.74, 6) is -0.165. The Labute approximate surface area is 224 Å². The first-order chi connectivity index (χ1) is 18.3. The third-order valence-corrected chi connectivity index (χ3v) is 8.09. The molecule has 1 saturated heterocycles. The molecule has 0 saturated carbocycles. The second kappa shape index (κ2) is 11.1. The van der Waals surface area contributed by atoms with Crippen LogP contribution < -0.4 is 15.4 Å². The van der Waals surface area contributed by atoms with E-state index in [2.05, 4.69) is 30.3 Å². The van der Waals surface area contributed by atoms with Crippen molar-refractivity contribution >= 4 is 45.9 Å². The summed E-state index contributed by atoms with van der Waals surface area (Å²) in [6.45, 7) is -0.750. The normalized spacial score (nSPS) is 22.8. The zero-order chi connectivity index (χ0) is 26.7. The molecule has 2 amide bonds. The van der Waals surface area contributed by atoms with Gasteiger partial charge in [-0.3, -0.25) is 9.59 Å². The minimum atomic E-state index is -3.04. The van der Waals surface area contributed by atoms with Crippen LogP contribution in [0.4, 0.5) is 14.6 Å². The van der Waals surface area contributed by atoms with E-state index in [0.29, 0.717) is 21.5 Å². The van der Waals surface area contributed by atoms with E-state index in [1.165, 1.54) is 23.1 Å². The van der Waals surface area contributed by atoms with Gasteiger partial charge in [-0.2, -0.15) is 8.78 Å². The van der Waals surface area contributed by atoms with Crippen LogP contribution in [-0.2, 0) is 10.3 Å². The van der Waals surface area contributed by atoms with Crippen LogP contribution in [0.25, 0.3) is 0 Å². The third-order valence-electron chi connectivity index (χ3n) is 6.05. The van der Waals surface area contributed by atoms with Gasteiger partial charge in [-0.05, 0) is 25.5 Å². The van der Waals surface area contributed by atoms with Crippen molar-refractivity contribution in [2.75, 3.05) is 17.7 Å². The number of ether oxygens (including phenoxy) is 2. The van der Waals surface area contributed by atoms with Gasteiger partial charge in [0.2, 0.25) is 5.88 Å². The summed E-state index contributed by atoms with van der Waals surface area (Å²) in [5, 5.41) is 8.36. The number of hydrogen-bond acceptors (Lipinski definition) is 10. The van der Waals surface area contributed by atoms with Gasteiger partial charge in [-0.15, -0.1) is 11.3 Å². The summed E-state index contributed by atoms with van der Waals surface area (Å²) in [5.41, 5.74) is -0.389. The van der Waals surface area contributed by atoms with Crippen molar-refractivity contribution in [3.8, 4) is 5.88 Å². The number of carbonyl (C=O) groups is 2. The fourth-order valence-corrected chi connectivity index (χ4v) is 6.30. The Kier molecular flexibility index (Phi) is 7.63. The van der Waals surface area contributed by atoms with Crippen molar-refractivity contribution in [1.29, 1.82) is 0 Å².